The zero-order chi connectivity index (χ0) is 19.6. The highest BCUT2D eigenvalue weighted by Gasteiger charge is 2.94. The van der Waals surface area contributed by atoms with Crippen LogP contribution in [0.4, 0.5) is 0 Å². The van der Waals surface area contributed by atoms with Gasteiger partial charge in [0.05, 0.1) is 12.2 Å². The summed E-state index contributed by atoms with van der Waals surface area (Å²) in [7, 11) is 0. The van der Waals surface area contributed by atoms with Crippen LogP contribution in [0.2, 0.25) is 0 Å². The molecule has 3 aliphatic heterocycles. The Kier molecular flexibility index (Phi) is 2.55. The fourth-order valence-corrected chi connectivity index (χ4v) is 11.0. The number of carbonyl (C=O) groups is 1. The lowest BCUT2D eigenvalue weighted by Gasteiger charge is -2.67. The standard InChI is InChI=1S/C22H29NO5/c1-9-4-20-7-12-15-19(3)5-11(28-10(2)24)6-21(15)16(20)14(25)13(9)17(26)22(20,27)18(21)23(12)8-19/h11-18,25-27H,1,4-8H2,2-3H3/t11-,12-,13+,14+,15+,16+,17+,18+,19-,20+,21+,22-/m0/s1. The second kappa shape index (κ2) is 4.25. The van der Waals surface area contributed by atoms with Gasteiger partial charge in [-0.25, -0.2) is 0 Å². The number of nitrogens with zero attached hydrogens (tertiary/aromatic N) is 1. The van der Waals surface area contributed by atoms with Crippen LogP contribution in [0.1, 0.15) is 39.5 Å². The van der Waals surface area contributed by atoms with Crippen molar-refractivity contribution in [2.45, 2.75) is 75.5 Å². The van der Waals surface area contributed by atoms with E-state index in [9.17, 15) is 20.1 Å². The number of piperidine rings is 2. The van der Waals surface area contributed by atoms with Gasteiger partial charge >= 0.3 is 5.97 Å². The molecule has 6 nitrogen and oxygen atoms in total. The molecule has 6 saturated carbocycles. The summed E-state index contributed by atoms with van der Waals surface area (Å²) >= 11 is 0. The molecule has 152 valence electrons. The van der Waals surface area contributed by atoms with Crippen LogP contribution < -0.4 is 0 Å². The van der Waals surface area contributed by atoms with Crippen LogP contribution in [-0.2, 0) is 9.53 Å². The van der Waals surface area contributed by atoms with E-state index in [2.05, 4.69) is 18.4 Å². The van der Waals surface area contributed by atoms with Gasteiger partial charge in [0.15, 0.2) is 0 Å². The number of esters is 1. The molecule has 9 aliphatic rings. The van der Waals surface area contributed by atoms with E-state index in [1.807, 2.05) is 0 Å². The number of hydrogen-bond donors (Lipinski definition) is 3. The topological polar surface area (TPSA) is 90.2 Å². The fourth-order valence-electron chi connectivity index (χ4n) is 11.0. The summed E-state index contributed by atoms with van der Waals surface area (Å²) in [6.07, 6.45) is 1.27. The van der Waals surface area contributed by atoms with Gasteiger partial charge in [0.1, 0.15) is 11.7 Å². The molecule has 9 bridgehead atoms. The minimum atomic E-state index is -1.20. The molecule has 0 aromatic heterocycles. The van der Waals surface area contributed by atoms with Crippen LogP contribution >= 0.6 is 0 Å². The Morgan fingerprint density at radius 2 is 2.00 bits per heavy atom. The van der Waals surface area contributed by atoms with Crippen molar-refractivity contribution in [3.63, 3.8) is 0 Å². The van der Waals surface area contributed by atoms with E-state index in [0.717, 1.165) is 25.0 Å². The van der Waals surface area contributed by atoms with Crippen LogP contribution in [0.15, 0.2) is 12.2 Å². The molecule has 3 saturated heterocycles. The third kappa shape index (κ3) is 1.26. The lowest BCUT2D eigenvalue weighted by molar-refractivity contribution is -0.280. The van der Waals surface area contributed by atoms with Crippen molar-refractivity contribution in [3.05, 3.63) is 12.2 Å². The summed E-state index contributed by atoms with van der Waals surface area (Å²) < 4.78 is 5.75. The van der Waals surface area contributed by atoms with Crippen molar-refractivity contribution < 1.29 is 24.9 Å². The zero-order valence-electron chi connectivity index (χ0n) is 16.5. The minimum absolute atomic E-state index is 0.0237. The molecule has 0 radical (unpaired) electrons. The van der Waals surface area contributed by atoms with Crippen LogP contribution in [0.5, 0.6) is 0 Å². The highest BCUT2D eigenvalue weighted by molar-refractivity contribution is 5.66. The molecule has 9 rings (SSSR count). The predicted molar refractivity (Wildman–Crippen MR) is 97.9 cm³/mol. The summed E-state index contributed by atoms with van der Waals surface area (Å²) in [6, 6.07) is 0.245. The number of hydrogen-bond acceptors (Lipinski definition) is 6. The molecule has 0 aromatic carbocycles. The molecule has 0 aromatic rings. The van der Waals surface area contributed by atoms with Gasteiger partial charge < -0.3 is 20.1 Å². The van der Waals surface area contributed by atoms with Crippen molar-refractivity contribution in [3.8, 4) is 0 Å². The molecular weight excluding hydrogens is 358 g/mol. The lowest BCUT2D eigenvalue weighted by Crippen LogP contribution is -2.76. The molecule has 6 aliphatic carbocycles. The Morgan fingerprint density at radius 1 is 1.25 bits per heavy atom. The van der Waals surface area contributed by atoms with E-state index >= 15 is 0 Å². The quantitative estimate of drug-likeness (QED) is 0.447. The van der Waals surface area contributed by atoms with Crippen molar-refractivity contribution in [1.29, 1.82) is 0 Å². The first-order valence-electron chi connectivity index (χ1n) is 10.8. The monoisotopic (exact) mass is 387 g/mol. The van der Waals surface area contributed by atoms with Crippen molar-refractivity contribution in [2.75, 3.05) is 6.54 Å². The summed E-state index contributed by atoms with van der Waals surface area (Å²) in [5.41, 5.74) is -1.07. The molecular formula is C22H29NO5. The number of fused-ring (bicyclic) bond motifs is 1. The van der Waals surface area contributed by atoms with Crippen molar-refractivity contribution >= 4 is 5.97 Å². The largest absolute Gasteiger partial charge is 0.463 e. The van der Waals surface area contributed by atoms with Crippen molar-refractivity contribution in [2.24, 2.45) is 34.0 Å². The molecule has 3 heterocycles. The Hall–Kier alpha value is -0.950. The second-order valence-corrected chi connectivity index (χ2v) is 11.5. The van der Waals surface area contributed by atoms with E-state index in [0.29, 0.717) is 24.8 Å². The van der Waals surface area contributed by atoms with Gasteiger partial charge in [-0.3, -0.25) is 9.69 Å². The average molecular weight is 387 g/mol. The molecule has 13 atom stereocenters. The predicted octanol–water partition coefficient (Wildman–Crippen LogP) is 0.450. The van der Waals surface area contributed by atoms with Gasteiger partial charge in [0.2, 0.25) is 0 Å². The average Bonchev–Trinajstić information content (AvgIpc) is 2.97. The third-order valence-electron chi connectivity index (χ3n) is 10.6. The molecule has 0 amide bonds. The summed E-state index contributed by atoms with van der Waals surface area (Å²) in [5.74, 6) is -0.379. The Labute approximate surface area is 164 Å². The Bertz CT molecular complexity index is 860. The maximum Gasteiger partial charge on any atom is 0.302 e. The van der Waals surface area contributed by atoms with E-state index in [1.165, 1.54) is 6.92 Å². The van der Waals surface area contributed by atoms with E-state index < -0.39 is 29.1 Å². The molecule has 6 heteroatoms. The van der Waals surface area contributed by atoms with Gasteiger partial charge in [-0.1, -0.05) is 19.1 Å². The highest BCUT2D eigenvalue weighted by atomic mass is 16.5. The van der Waals surface area contributed by atoms with Gasteiger partial charge in [-0.15, -0.1) is 0 Å². The summed E-state index contributed by atoms with van der Waals surface area (Å²) in [6.45, 7) is 8.85. The fraction of sp³-hybridized carbons (Fsp3) is 0.864. The maximum atomic E-state index is 12.2. The molecule has 3 N–H and O–H groups in total. The molecule has 1 unspecified atom stereocenters. The van der Waals surface area contributed by atoms with E-state index in [1.54, 1.807) is 0 Å². The zero-order valence-corrected chi connectivity index (χ0v) is 16.5. The molecule has 9 fully saturated rings. The normalized spacial score (nSPS) is 69.3. The van der Waals surface area contributed by atoms with Gasteiger partial charge in [0.25, 0.3) is 0 Å². The Balaban J connectivity index is 1.49. The molecule has 28 heavy (non-hydrogen) atoms. The van der Waals surface area contributed by atoms with Gasteiger partial charge in [-0.2, -0.15) is 0 Å². The molecule has 2 spiro atoms. The number of rotatable bonds is 1. The maximum absolute atomic E-state index is 12.2. The first kappa shape index (κ1) is 16.8. The minimum Gasteiger partial charge on any atom is -0.463 e. The second-order valence-electron chi connectivity index (χ2n) is 11.5. The van der Waals surface area contributed by atoms with E-state index in [4.69, 9.17) is 4.74 Å². The van der Waals surface area contributed by atoms with Crippen LogP contribution in [0, 0.1) is 34.0 Å². The van der Waals surface area contributed by atoms with Crippen LogP contribution in [0.25, 0.3) is 0 Å². The number of aliphatic hydroxyl groups is 3. The number of carbonyl (C=O) groups excluding carboxylic acids is 1. The first-order chi connectivity index (χ1) is 13.1. The summed E-state index contributed by atoms with van der Waals surface area (Å²) in [5, 5.41) is 35.1. The smallest absolute Gasteiger partial charge is 0.302 e. The SMILES string of the molecule is C=C1C[C@]23C[C@H]4[C@@H]5[C@@]6(C)C[C@H](OC(C)=O)C[C@@]57[C@@H](N4C6)[C@@]2(O)[C@H](O)[C@H]1[C@@H](O)[C@@H]73. The number of ether oxygens (including phenoxy) is 1. The highest BCUT2D eigenvalue weighted by Crippen LogP contribution is 2.88. The summed E-state index contributed by atoms with van der Waals surface area (Å²) in [4.78, 5) is 14.3. The Morgan fingerprint density at radius 3 is 2.71 bits per heavy atom. The van der Waals surface area contributed by atoms with Gasteiger partial charge in [0, 0.05) is 48.2 Å². The van der Waals surface area contributed by atoms with E-state index in [-0.39, 0.29) is 34.9 Å². The van der Waals surface area contributed by atoms with Gasteiger partial charge in [-0.05, 0) is 37.0 Å². The number of aliphatic hydroxyl groups excluding tert-OH is 2. The first-order valence-corrected chi connectivity index (χ1v) is 10.8. The van der Waals surface area contributed by atoms with Crippen LogP contribution in [-0.4, -0.2) is 68.7 Å². The van der Waals surface area contributed by atoms with Crippen molar-refractivity contribution in [1.82, 2.24) is 4.90 Å². The lowest BCUT2D eigenvalue weighted by atomic mass is 9.39. The van der Waals surface area contributed by atoms with Crippen LogP contribution in [0.3, 0.4) is 0 Å². The third-order valence-corrected chi connectivity index (χ3v) is 10.6.